The van der Waals surface area contributed by atoms with Crippen LogP contribution in [0, 0.1) is 28.4 Å². The quantitative estimate of drug-likeness (QED) is 0.283. The van der Waals surface area contributed by atoms with Crippen molar-refractivity contribution in [2.45, 2.75) is 33.1 Å². The summed E-state index contributed by atoms with van der Waals surface area (Å²) >= 11 is 0. The Bertz CT molecular complexity index is 1320. The van der Waals surface area contributed by atoms with E-state index in [4.69, 9.17) is 4.98 Å². The topological polar surface area (TPSA) is 84.8 Å². The zero-order valence-electron chi connectivity index (χ0n) is 17.5. The number of benzene rings is 3. The smallest absolute Gasteiger partial charge is 0.271 e. The van der Waals surface area contributed by atoms with Gasteiger partial charge in [0.25, 0.3) is 5.69 Å². The molecular weight excluding hydrogens is 388 g/mol. The molecule has 6 nitrogen and oxygen atoms in total. The highest BCUT2D eigenvalue weighted by atomic mass is 16.6. The summed E-state index contributed by atoms with van der Waals surface area (Å²) < 4.78 is 1.96. The summed E-state index contributed by atoms with van der Waals surface area (Å²) in [5.74, 6) is 0.844. The van der Waals surface area contributed by atoms with Gasteiger partial charge in [0.05, 0.1) is 27.6 Å². The van der Waals surface area contributed by atoms with E-state index in [1.165, 1.54) is 0 Å². The third-order valence-corrected chi connectivity index (χ3v) is 5.44. The highest BCUT2D eigenvalue weighted by Gasteiger charge is 2.19. The van der Waals surface area contributed by atoms with Crippen molar-refractivity contribution in [3.63, 3.8) is 0 Å². The van der Waals surface area contributed by atoms with Crippen LogP contribution < -0.4 is 0 Å². The van der Waals surface area contributed by atoms with Gasteiger partial charge in [0.15, 0.2) is 0 Å². The molecule has 0 aliphatic rings. The van der Waals surface area contributed by atoms with Crippen molar-refractivity contribution in [1.29, 1.82) is 5.26 Å². The summed E-state index contributed by atoms with van der Waals surface area (Å²) in [5.41, 5.74) is 5.40. The van der Waals surface area contributed by atoms with Crippen LogP contribution >= 0.6 is 0 Å². The number of aromatic nitrogens is 2. The lowest BCUT2D eigenvalue weighted by atomic mass is 9.99. The van der Waals surface area contributed by atoms with E-state index in [-0.39, 0.29) is 10.6 Å². The number of aryl methyl sites for hydroxylation is 2. The number of nitro benzene ring substituents is 1. The number of hydrogen-bond donors (Lipinski definition) is 0. The van der Waals surface area contributed by atoms with E-state index in [1.54, 1.807) is 12.1 Å². The van der Waals surface area contributed by atoms with Crippen LogP contribution in [-0.2, 0) is 6.42 Å². The third-order valence-electron chi connectivity index (χ3n) is 5.44. The first-order valence-electron chi connectivity index (χ1n) is 10.3. The van der Waals surface area contributed by atoms with E-state index in [1.807, 2.05) is 60.0 Å². The van der Waals surface area contributed by atoms with Crippen LogP contribution in [0.3, 0.4) is 0 Å². The second-order valence-corrected chi connectivity index (χ2v) is 7.56. The van der Waals surface area contributed by atoms with Crippen LogP contribution in [0.4, 0.5) is 5.69 Å². The number of imidazole rings is 1. The average molecular weight is 410 g/mol. The van der Waals surface area contributed by atoms with Crippen molar-refractivity contribution < 1.29 is 4.92 Å². The standard InChI is InChI=1S/C25H22N4O2/c1-3-4-10-24-27-25-17(2)13-21(29(30)31)15-23(25)28(24)20-11-12-22(19(14-20)16-26)18-8-6-5-7-9-18/h5-9,11-15H,3-4,10H2,1-2H3. The first-order valence-corrected chi connectivity index (χ1v) is 10.3. The van der Waals surface area contributed by atoms with Gasteiger partial charge in [-0.2, -0.15) is 5.26 Å². The maximum atomic E-state index is 11.5. The molecule has 0 amide bonds. The van der Waals surface area contributed by atoms with Crippen molar-refractivity contribution in [2.24, 2.45) is 0 Å². The van der Waals surface area contributed by atoms with E-state index < -0.39 is 0 Å². The second-order valence-electron chi connectivity index (χ2n) is 7.56. The minimum absolute atomic E-state index is 0.0367. The van der Waals surface area contributed by atoms with E-state index >= 15 is 0 Å². The Morgan fingerprint density at radius 1 is 1.13 bits per heavy atom. The highest BCUT2D eigenvalue weighted by Crippen LogP contribution is 2.31. The largest absolute Gasteiger partial charge is 0.296 e. The molecule has 0 spiro atoms. The Balaban J connectivity index is 1.95. The van der Waals surface area contributed by atoms with Crippen LogP contribution in [0.5, 0.6) is 0 Å². The lowest BCUT2D eigenvalue weighted by Gasteiger charge is -2.12. The fourth-order valence-electron chi connectivity index (χ4n) is 3.91. The molecular formula is C25H22N4O2. The monoisotopic (exact) mass is 410 g/mol. The number of fused-ring (bicyclic) bond motifs is 1. The lowest BCUT2D eigenvalue weighted by molar-refractivity contribution is -0.384. The molecule has 0 atom stereocenters. The number of hydrogen-bond acceptors (Lipinski definition) is 4. The lowest BCUT2D eigenvalue weighted by Crippen LogP contribution is -2.03. The van der Waals surface area contributed by atoms with E-state index in [2.05, 4.69) is 13.0 Å². The normalized spacial score (nSPS) is 10.9. The summed E-state index contributed by atoms with van der Waals surface area (Å²) in [7, 11) is 0. The number of non-ortho nitro benzene ring substituents is 1. The molecule has 0 saturated carbocycles. The first-order chi connectivity index (χ1) is 15.0. The molecule has 0 saturated heterocycles. The van der Waals surface area contributed by atoms with Crippen molar-refractivity contribution in [2.75, 3.05) is 0 Å². The minimum atomic E-state index is -0.380. The molecule has 154 valence electrons. The van der Waals surface area contributed by atoms with Gasteiger partial charge in [-0.25, -0.2) is 4.98 Å². The van der Waals surface area contributed by atoms with E-state index in [0.717, 1.165) is 53.0 Å². The van der Waals surface area contributed by atoms with Crippen LogP contribution in [0.2, 0.25) is 0 Å². The Morgan fingerprint density at radius 2 is 1.90 bits per heavy atom. The van der Waals surface area contributed by atoms with Crippen molar-refractivity contribution in [3.8, 4) is 22.9 Å². The molecule has 0 N–H and O–H groups in total. The number of nitrogens with zero attached hydrogens (tertiary/aromatic N) is 4. The molecule has 0 aliphatic carbocycles. The van der Waals surface area contributed by atoms with Gasteiger partial charge in [0.1, 0.15) is 5.82 Å². The van der Waals surface area contributed by atoms with Crippen molar-refractivity contribution in [1.82, 2.24) is 9.55 Å². The number of unbranched alkanes of at least 4 members (excludes halogenated alkanes) is 1. The molecule has 0 fully saturated rings. The van der Waals surface area contributed by atoms with Crippen molar-refractivity contribution >= 4 is 16.7 Å². The molecule has 1 aromatic heterocycles. The first kappa shape index (κ1) is 20.3. The summed E-state index contributed by atoms with van der Waals surface area (Å²) in [5, 5.41) is 21.3. The second kappa shape index (κ2) is 8.41. The number of nitro groups is 1. The maximum absolute atomic E-state index is 11.5. The zero-order chi connectivity index (χ0) is 22.0. The predicted octanol–water partition coefficient (Wildman–Crippen LogP) is 6.12. The fourth-order valence-corrected chi connectivity index (χ4v) is 3.91. The summed E-state index contributed by atoms with van der Waals surface area (Å²) in [4.78, 5) is 15.9. The fraction of sp³-hybridized carbons (Fsp3) is 0.200. The number of nitriles is 1. The molecule has 6 heteroatoms. The highest BCUT2D eigenvalue weighted by molar-refractivity contribution is 5.84. The van der Waals surface area contributed by atoms with Gasteiger partial charge < -0.3 is 0 Å². The molecule has 0 radical (unpaired) electrons. The summed E-state index contributed by atoms with van der Waals surface area (Å²) in [6, 6.07) is 20.9. The Hall–Kier alpha value is -3.98. The Kier molecular flexibility index (Phi) is 5.50. The summed E-state index contributed by atoms with van der Waals surface area (Å²) in [6.07, 6.45) is 2.72. The van der Waals surface area contributed by atoms with E-state index in [9.17, 15) is 15.4 Å². The van der Waals surface area contributed by atoms with Crippen LogP contribution in [0.15, 0.2) is 60.7 Å². The van der Waals surface area contributed by atoms with Crippen LogP contribution in [0.1, 0.15) is 36.7 Å². The van der Waals surface area contributed by atoms with E-state index in [0.29, 0.717) is 11.1 Å². The predicted molar refractivity (Wildman–Crippen MR) is 121 cm³/mol. The maximum Gasteiger partial charge on any atom is 0.271 e. The SMILES string of the molecule is CCCCc1nc2c(C)cc([N+](=O)[O-])cc2n1-c1ccc(-c2ccccc2)c(C#N)c1. The Labute approximate surface area is 180 Å². The molecule has 1 heterocycles. The van der Waals surface area contributed by atoms with Gasteiger partial charge in [-0.05, 0) is 42.2 Å². The van der Waals surface area contributed by atoms with Gasteiger partial charge in [-0.15, -0.1) is 0 Å². The molecule has 3 aromatic carbocycles. The van der Waals surface area contributed by atoms with Crippen molar-refractivity contribution in [3.05, 3.63) is 87.7 Å². The van der Waals surface area contributed by atoms with Gasteiger partial charge >= 0.3 is 0 Å². The molecule has 4 aromatic rings. The van der Waals surface area contributed by atoms with Crippen LogP contribution in [0.25, 0.3) is 27.8 Å². The molecule has 0 bridgehead atoms. The summed E-state index contributed by atoms with van der Waals surface area (Å²) in [6.45, 7) is 3.96. The minimum Gasteiger partial charge on any atom is -0.296 e. The third kappa shape index (κ3) is 3.78. The molecule has 0 unspecified atom stereocenters. The van der Waals surface area contributed by atoms with Gasteiger partial charge in [-0.3, -0.25) is 14.7 Å². The average Bonchev–Trinajstić information content (AvgIpc) is 3.16. The van der Waals surface area contributed by atoms with Gasteiger partial charge in [0.2, 0.25) is 0 Å². The number of rotatable bonds is 6. The molecule has 31 heavy (non-hydrogen) atoms. The zero-order valence-corrected chi connectivity index (χ0v) is 17.5. The van der Waals surface area contributed by atoms with Gasteiger partial charge in [-0.1, -0.05) is 49.7 Å². The molecule has 0 aliphatic heterocycles. The Morgan fingerprint density at radius 3 is 2.58 bits per heavy atom. The van der Waals surface area contributed by atoms with Gasteiger partial charge in [0, 0.05) is 24.2 Å². The van der Waals surface area contributed by atoms with Crippen LogP contribution in [-0.4, -0.2) is 14.5 Å². The molecule has 4 rings (SSSR count).